The lowest BCUT2D eigenvalue weighted by Crippen LogP contribution is -2.46. The van der Waals surface area contributed by atoms with E-state index < -0.39 is 42.0 Å². The van der Waals surface area contributed by atoms with Crippen molar-refractivity contribution in [1.82, 2.24) is 10.2 Å². The van der Waals surface area contributed by atoms with Crippen LogP contribution in [-0.2, 0) is 9.59 Å². The lowest BCUT2D eigenvalue weighted by molar-refractivity contribution is -0.274. The predicted octanol–water partition coefficient (Wildman–Crippen LogP) is 2.63. The topological polar surface area (TPSA) is 87.7 Å². The maximum absolute atomic E-state index is 12.4. The zero-order valence-corrected chi connectivity index (χ0v) is 14.1. The van der Waals surface area contributed by atoms with Crippen LogP contribution in [0.15, 0.2) is 24.3 Å². The van der Waals surface area contributed by atoms with E-state index in [0.29, 0.717) is 12.8 Å². The molecule has 4 amide bonds. The molecular weight excluding hydrogens is 355 g/mol. The summed E-state index contributed by atoms with van der Waals surface area (Å²) in [4.78, 5) is 37.3. The highest BCUT2D eigenvalue weighted by molar-refractivity contribution is 6.10. The van der Waals surface area contributed by atoms with Crippen molar-refractivity contribution in [3.8, 4) is 5.75 Å². The Morgan fingerprint density at radius 2 is 1.92 bits per heavy atom. The van der Waals surface area contributed by atoms with Crippen molar-refractivity contribution in [2.75, 3.05) is 11.9 Å². The molecule has 1 aliphatic rings. The molecule has 142 valence electrons. The van der Waals surface area contributed by atoms with Gasteiger partial charge in [0.1, 0.15) is 17.8 Å². The molecule has 10 heteroatoms. The van der Waals surface area contributed by atoms with Gasteiger partial charge in [-0.05, 0) is 25.0 Å². The summed E-state index contributed by atoms with van der Waals surface area (Å²) in [6.07, 6.45) is -4.10. The zero-order chi connectivity index (χ0) is 19.5. The van der Waals surface area contributed by atoms with E-state index in [1.54, 1.807) is 13.8 Å². The monoisotopic (exact) mass is 373 g/mol. The van der Waals surface area contributed by atoms with E-state index in [0.717, 1.165) is 17.0 Å². The predicted molar refractivity (Wildman–Crippen MR) is 85.3 cm³/mol. The third kappa shape index (κ3) is 4.24. The second-order valence-corrected chi connectivity index (χ2v) is 5.73. The molecule has 1 aliphatic heterocycles. The Morgan fingerprint density at radius 1 is 1.27 bits per heavy atom. The molecule has 0 atom stereocenters. The number of hydrogen-bond donors (Lipinski definition) is 2. The summed E-state index contributed by atoms with van der Waals surface area (Å²) in [6.45, 7) is 2.95. The van der Waals surface area contributed by atoms with Crippen LogP contribution in [0.4, 0.5) is 23.7 Å². The Kier molecular flexibility index (Phi) is 5.43. The molecule has 1 fully saturated rings. The molecule has 0 saturated carbocycles. The fourth-order valence-corrected chi connectivity index (χ4v) is 2.66. The van der Waals surface area contributed by atoms with E-state index in [4.69, 9.17) is 0 Å². The molecule has 1 heterocycles. The Balaban J connectivity index is 2.04. The largest absolute Gasteiger partial charge is 0.573 e. The summed E-state index contributed by atoms with van der Waals surface area (Å²) in [7, 11) is 0. The number of benzene rings is 1. The van der Waals surface area contributed by atoms with Gasteiger partial charge >= 0.3 is 12.4 Å². The van der Waals surface area contributed by atoms with Crippen molar-refractivity contribution >= 4 is 23.5 Å². The molecular formula is C16H18F3N3O4. The van der Waals surface area contributed by atoms with Crippen LogP contribution >= 0.6 is 0 Å². The molecule has 1 saturated heterocycles. The number of carbonyl (C=O) groups is 3. The average molecular weight is 373 g/mol. The van der Waals surface area contributed by atoms with Crippen LogP contribution in [0, 0.1) is 0 Å². The van der Waals surface area contributed by atoms with Crippen molar-refractivity contribution in [1.29, 1.82) is 0 Å². The first kappa shape index (κ1) is 19.5. The fourth-order valence-electron chi connectivity index (χ4n) is 2.66. The SMILES string of the molecule is CCC1(CC)NC(=O)N(CC(=O)Nc2cccc(OC(F)(F)F)c2)C1=O. The second-order valence-electron chi connectivity index (χ2n) is 5.73. The van der Waals surface area contributed by atoms with Crippen LogP contribution < -0.4 is 15.4 Å². The van der Waals surface area contributed by atoms with Gasteiger partial charge in [0.05, 0.1) is 0 Å². The van der Waals surface area contributed by atoms with Crippen molar-refractivity contribution in [2.24, 2.45) is 0 Å². The molecule has 26 heavy (non-hydrogen) atoms. The highest BCUT2D eigenvalue weighted by atomic mass is 19.4. The van der Waals surface area contributed by atoms with E-state index in [-0.39, 0.29) is 5.69 Å². The van der Waals surface area contributed by atoms with Crippen LogP contribution in [0.25, 0.3) is 0 Å². The molecule has 7 nitrogen and oxygen atoms in total. The first-order chi connectivity index (χ1) is 12.1. The fraction of sp³-hybridized carbons (Fsp3) is 0.438. The van der Waals surface area contributed by atoms with E-state index in [9.17, 15) is 27.6 Å². The van der Waals surface area contributed by atoms with Gasteiger partial charge in [-0.2, -0.15) is 0 Å². The van der Waals surface area contributed by atoms with E-state index in [2.05, 4.69) is 15.4 Å². The average Bonchev–Trinajstić information content (AvgIpc) is 2.78. The van der Waals surface area contributed by atoms with Crippen LogP contribution in [0.3, 0.4) is 0 Å². The van der Waals surface area contributed by atoms with Gasteiger partial charge in [0.25, 0.3) is 5.91 Å². The van der Waals surface area contributed by atoms with Gasteiger partial charge in [0, 0.05) is 11.8 Å². The number of ether oxygens (including phenoxy) is 1. The van der Waals surface area contributed by atoms with Gasteiger partial charge in [0.15, 0.2) is 0 Å². The summed E-state index contributed by atoms with van der Waals surface area (Å²) < 4.78 is 40.5. The van der Waals surface area contributed by atoms with Gasteiger partial charge in [-0.15, -0.1) is 13.2 Å². The number of anilines is 1. The van der Waals surface area contributed by atoms with E-state index >= 15 is 0 Å². The third-order valence-electron chi connectivity index (χ3n) is 4.11. The minimum atomic E-state index is -4.85. The van der Waals surface area contributed by atoms with E-state index in [1.165, 1.54) is 12.1 Å². The minimum absolute atomic E-state index is 0.0426. The second kappa shape index (κ2) is 7.22. The Hall–Kier alpha value is -2.78. The molecule has 0 spiro atoms. The quantitative estimate of drug-likeness (QED) is 0.751. The van der Waals surface area contributed by atoms with Crippen molar-refractivity contribution < 1.29 is 32.3 Å². The van der Waals surface area contributed by atoms with Gasteiger partial charge in [-0.1, -0.05) is 19.9 Å². The highest BCUT2D eigenvalue weighted by Gasteiger charge is 2.49. The maximum atomic E-state index is 12.4. The third-order valence-corrected chi connectivity index (χ3v) is 4.11. The standard InChI is InChI=1S/C16H18F3N3O4/c1-3-15(4-2)13(24)22(14(25)21-15)9-12(23)20-10-6-5-7-11(8-10)26-16(17,18)19/h5-8H,3-4,9H2,1-2H3,(H,20,23)(H,21,25). The lowest BCUT2D eigenvalue weighted by Gasteiger charge is -2.23. The first-order valence-electron chi connectivity index (χ1n) is 7.90. The zero-order valence-electron chi connectivity index (χ0n) is 14.1. The van der Waals surface area contributed by atoms with Crippen LogP contribution in [0.2, 0.25) is 0 Å². The molecule has 2 N–H and O–H groups in total. The summed E-state index contributed by atoms with van der Waals surface area (Å²) in [5.41, 5.74) is -0.987. The van der Waals surface area contributed by atoms with Crippen molar-refractivity contribution in [2.45, 2.75) is 38.6 Å². The molecule has 1 aromatic rings. The maximum Gasteiger partial charge on any atom is 0.573 e. The summed E-state index contributed by atoms with van der Waals surface area (Å²) >= 11 is 0. The molecule has 0 unspecified atom stereocenters. The van der Waals surface area contributed by atoms with Crippen molar-refractivity contribution in [3.63, 3.8) is 0 Å². The smallest absolute Gasteiger partial charge is 0.406 e. The molecule has 0 radical (unpaired) electrons. The number of alkyl halides is 3. The molecule has 0 aliphatic carbocycles. The van der Waals surface area contributed by atoms with Gasteiger partial charge in [0.2, 0.25) is 5.91 Å². The Labute approximate surface area is 147 Å². The van der Waals surface area contributed by atoms with E-state index in [1.807, 2.05) is 0 Å². The van der Waals surface area contributed by atoms with Crippen LogP contribution in [0.1, 0.15) is 26.7 Å². The molecule has 0 bridgehead atoms. The number of imide groups is 1. The Morgan fingerprint density at radius 3 is 2.46 bits per heavy atom. The molecule has 1 aromatic carbocycles. The summed E-state index contributed by atoms with van der Waals surface area (Å²) in [5.74, 6) is -1.72. The number of urea groups is 1. The number of amides is 4. The van der Waals surface area contributed by atoms with Crippen molar-refractivity contribution in [3.05, 3.63) is 24.3 Å². The highest BCUT2D eigenvalue weighted by Crippen LogP contribution is 2.26. The molecule has 0 aromatic heterocycles. The minimum Gasteiger partial charge on any atom is -0.406 e. The lowest BCUT2D eigenvalue weighted by atomic mass is 9.93. The summed E-state index contributed by atoms with van der Waals surface area (Å²) in [5, 5.41) is 4.92. The number of nitrogens with zero attached hydrogens (tertiary/aromatic N) is 1. The number of rotatable bonds is 6. The number of hydrogen-bond acceptors (Lipinski definition) is 4. The number of halogens is 3. The van der Waals surface area contributed by atoms with Gasteiger partial charge in [-0.25, -0.2) is 4.79 Å². The van der Waals surface area contributed by atoms with Gasteiger partial charge in [-0.3, -0.25) is 14.5 Å². The summed E-state index contributed by atoms with van der Waals surface area (Å²) in [6, 6.07) is 4.01. The Bertz CT molecular complexity index is 717. The number of nitrogens with one attached hydrogen (secondary N) is 2. The van der Waals surface area contributed by atoms with Crippen LogP contribution in [0.5, 0.6) is 5.75 Å². The number of carbonyl (C=O) groups excluding carboxylic acids is 3. The molecule has 2 rings (SSSR count). The van der Waals surface area contributed by atoms with Gasteiger partial charge < -0.3 is 15.4 Å². The normalized spacial score (nSPS) is 16.4. The first-order valence-corrected chi connectivity index (χ1v) is 7.90. The van der Waals surface area contributed by atoms with Crippen LogP contribution in [-0.4, -0.2) is 41.2 Å².